The number of hydrogen-bond donors (Lipinski definition) is 2. The van der Waals surface area contributed by atoms with Gasteiger partial charge in [0, 0.05) is 18.1 Å². The molecule has 0 aliphatic rings. The van der Waals surface area contributed by atoms with E-state index in [1.165, 1.54) is 0 Å². The molecule has 0 spiro atoms. The van der Waals surface area contributed by atoms with Crippen LogP contribution in [0.15, 0.2) is 16.6 Å². The molecule has 0 atom stereocenters. The lowest BCUT2D eigenvalue weighted by molar-refractivity contribution is -0.119. The quantitative estimate of drug-likeness (QED) is 0.771. The van der Waals surface area contributed by atoms with Crippen LogP contribution in [0.1, 0.15) is 0 Å². The summed E-state index contributed by atoms with van der Waals surface area (Å²) in [6.45, 7) is 1.05. The summed E-state index contributed by atoms with van der Waals surface area (Å²) in [6, 6.07) is 3.41. The Bertz CT molecular complexity index is 406. The van der Waals surface area contributed by atoms with Gasteiger partial charge in [-0.25, -0.2) is 0 Å². The van der Waals surface area contributed by atoms with Gasteiger partial charge in [-0.3, -0.25) is 4.79 Å². The fourth-order valence-corrected chi connectivity index (χ4v) is 2.58. The fourth-order valence-electron chi connectivity index (χ4n) is 1.23. The molecular weight excluding hydrogens is 343 g/mol. The summed E-state index contributed by atoms with van der Waals surface area (Å²) in [5.74, 6) is -0.151. The van der Waals surface area contributed by atoms with Crippen molar-refractivity contribution in [3.05, 3.63) is 26.7 Å². The van der Waals surface area contributed by atoms with Crippen molar-refractivity contribution in [3.63, 3.8) is 0 Å². The largest absolute Gasteiger partial charge is 0.383 e. The molecule has 1 aromatic carbocycles. The highest BCUT2D eigenvalue weighted by Crippen LogP contribution is 2.33. The number of rotatable bonds is 6. The normalized spacial score (nSPS) is 10.2. The Morgan fingerprint density at radius 2 is 2.00 bits per heavy atom. The minimum absolute atomic E-state index is 0.102. The van der Waals surface area contributed by atoms with Crippen LogP contribution >= 0.6 is 39.1 Å². The summed E-state index contributed by atoms with van der Waals surface area (Å²) >= 11 is 15.3. The number of carbonyl (C=O) groups excluding carboxylic acids is 1. The van der Waals surface area contributed by atoms with Gasteiger partial charge in [0.05, 0.1) is 28.9 Å². The second kappa shape index (κ2) is 7.84. The number of anilines is 1. The average Bonchev–Trinajstić information content (AvgIpc) is 2.27. The van der Waals surface area contributed by atoms with Gasteiger partial charge in [0.1, 0.15) is 0 Å². The molecule has 18 heavy (non-hydrogen) atoms. The Morgan fingerprint density at radius 1 is 1.39 bits per heavy atom. The average molecular weight is 356 g/mol. The van der Waals surface area contributed by atoms with E-state index in [1.807, 2.05) is 0 Å². The van der Waals surface area contributed by atoms with Crippen molar-refractivity contribution < 1.29 is 9.53 Å². The summed E-state index contributed by atoms with van der Waals surface area (Å²) in [5, 5.41) is 6.49. The summed E-state index contributed by atoms with van der Waals surface area (Å²) in [5.41, 5.74) is 0.545. The third-order valence-corrected chi connectivity index (χ3v) is 3.11. The van der Waals surface area contributed by atoms with Gasteiger partial charge in [-0.05, 0) is 12.1 Å². The minimum Gasteiger partial charge on any atom is -0.383 e. The van der Waals surface area contributed by atoms with E-state index in [1.54, 1.807) is 19.2 Å². The molecular formula is C11H13BrCl2N2O2. The molecule has 0 aliphatic carbocycles. The van der Waals surface area contributed by atoms with E-state index in [2.05, 4.69) is 26.6 Å². The van der Waals surface area contributed by atoms with Gasteiger partial charge in [0.2, 0.25) is 5.91 Å². The summed E-state index contributed by atoms with van der Waals surface area (Å²) < 4.78 is 5.61. The van der Waals surface area contributed by atoms with Crippen molar-refractivity contribution >= 4 is 50.7 Å². The Hall–Kier alpha value is -0.490. The summed E-state index contributed by atoms with van der Waals surface area (Å²) in [6.07, 6.45) is 0. The lowest BCUT2D eigenvalue weighted by Gasteiger charge is -2.11. The highest BCUT2D eigenvalue weighted by Gasteiger charge is 2.08. The Labute approximate surface area is 124 Å². The first kappa shape index (κ1) is 15.6. The second-order valence-electron chi connectivity index (χ2n) is 3.44. The van der Waals surface area contributed by atoms with E-state index < -0.39 is 0 Å². The third kappa shape index (κ3) is 5.02. The zero-order chi connectivity index (χ0) is 13.5. The van der Waals surface area contributed by atoms with E-state index in [-0.39, 0.29) is 12.5 Å². The highest BCUT2D eigenvalue weighted by molar-refractivity contribution is 9.10. The lowest BCUT2D eigenvalue weighted by Crippen LogP contribution is -2.32. The number of amides is 1. The monoisotopic (exact) mass is 354 g/mol. The predicted octanol–water partition coefficient (Wildman–Crippen LogP) is 2.93. The van der Waals surface area contributed by atoms with Gasteiger partial charge >= 0.3 is 0 Å². The molecule has 1 amide bonds. The molecule has 0 aromatic heterocycles. The molecule has 1 aromatic rings. The third-order valence-electron chi connectivity index (χ3n) is 2.06. The van der Waals surface area contributed by atoms with Crippen molar-refractivity contribution in [2.45, 2.75) is 0 Å². The highest BCUT2D eigenvalue weighted by atomic mass is 79.9. The maximum atomic E-state index is 11.5. The van der Waals surface area contributed by atoms with E-state index >= 15 is 0 Å². The molecule has 2 N–H and O–H groups in total. The molecule has 0 saturated heterocycles. The molecule has 1 rings (SSSR count). The zero-order valence-corrected chi connectivity index (χ0v) is 12.8. The van der Waals surface area contributed by atoms with Crippen LogP contribution in [0.4, 0.5) is 5.69 Å². The van der Waals surface area contributed by atoms with Gasteiger partial charge in [-0.2, -0.15) is 0 Å². The maximum absolute atomic E-state index is 11.5. The zero-order valence-electron chi connectivity index (χ0n) is 9.73. The number of hydrogen-bond acceptors (Lipinski definition) is 3. The molecule has 0 fully saturated rings. The van der Waals surface area contributed by atoms with Crippen molar-refractivity contribution in [3.8, 4) is 0 Å². The number of ether oxygens (including phenoxy) is 1. The van der Waals surface area contributed by atoms with Crippen LogP contribution in [0.2, 0.25) is 10.0 Å². The van der Waals surface area contributed by atoms with Gasteiger partial charge < -0.3 is 15.4 Å². The molecule has 0 radical (unpaired) electrons. The van der Waals surface area contributed by atoms with Crippen molar-refractivity contribution in [1.82, 2.24) is 5.32 Å². The summed E-state index contributed by atoms with van der Waals surface area (Å²) in [7, 11) is 1.58. The molecule has 0 saturated carbocycles. The van der Waals surface area contributed by atoms with Crippen molar-refractivity contribution in [1.29, 1.82) is 0 Å². The van der Waals surface area contributed by atoms with Gasteiger partial charge in [0.25, 0.3) is 0 Å². The van der Waals surface area contributed by atoms with E-state index in [9.17, 15) is 4.79 Å². The van der Waals surface area contributed by atoms with Gasteiger partial charge in [-0.15, -0.1) is 0 Å². The van der Waals surface area contributed by atoms with Crippen LogP contribution in [0, 0.1) is 0 Å². The first-order valence-electron chi connectivity index (χ1n) is 5.18. The van der Waals surface area contributed by atoms with Crippen LogP contribution in [0.5, 0.6) is 0 Å². The first-order valence-corrected chi connectivity index (χ1v) is 6.73. The number of carbonyl (C=O) groups is 1. The SMILES string of the molecule is COCCNC(=O)CNc1c(Cl)cc(Br)cc1Cl. The van der Waals surface area contributed by atoms with Crippen LogP contribution in [0.3, 0.4) is 0 Å². The number of nitrogens with one attached hydrogen (secondary N) is 2. The van der Waals surface area contributed by atoms with Crippen molar-refractivity contribution in [2.75, 3.05) is 32.1 Å². The number of benzene rings is 1. The summed E-state index contributed by atoms with van der Waals surface area (Å²) in [4.78, 5) is 11.5. The van der Waals surface area contributed by atoms with Gasteiger partial charge in [0.15, 0.2) is 0 Å². The number of halogens is 3. The van der Waals surface area contributed by atoms with Crippen molar-refractivity contribution in [2.24, 2.45) is 0 Å². The van der Waals surface area contributed by atoms with Crippen LogP contribution in [0.25, 0.3) is 0 Å². The van der Waals surface area contributed by atoms with E-state index in [0.717, 1.165) is 4.47 Å². The molecule has 0 bridgehead atoms. The Kier molecular flexibility index (Phi) is 6.78. The lowest BCUT2D eigenvalue weighted by atomic mass is 10.3. The maximum Gasteiger partial charge on any atom is 0.239 e. The topological polar surface area (TPSA) is 50.4 Å². The second-order valence-corrected chi connectivity index (χ2v) is 5.17. The predicted molar refractivity (Wildman–Crippen MR) is 77.5 cm³/mol. The standard InChI is InChI=1S/C11H13BrCl2N2O2/c1-18-3-2-15-10(17)6-16-11-8(13)4-7(12)5-9(11)14/h4-5,16H,2-3,6H2,1H3,(H,15,17). The first-order chi connectivity index (χ1) is 8.54. The van der Waals surface area contributed by atoms with E-state index in [0.29, 0.717) is 28.9 Å². The molecule has 0 aliphatic heterocycles. The van der Waals surface area contributed by atoms with Crippen LogP contribution in [-0.2, 0) is 9.53 Å². The fraction of sp³-hybridized carbons (Fsp3) is 0.364. The molecule has 100 valence electrons. The van der Waals surface area contributed by atoms with E-state index in [4.69, 9.17) is 27.9 Å². The number of methoxy groups -OCH3 is 1. The smallest absolute Gasteiger partial charge is 0.239 e. The molecule has 4 nitrogen and oxygen atoms in total. The van der Waals surface area contributed by atoms with Crippen LogP contribution in [-0.4, -0.2) is 32.7 Å². The molecule has 0 unspecified atom stereocenters. The Balaban J connectivity index is 2.51. The van der Waals surface area contributed by atoms with Crippen LogP contribution < -0.4 is 10.6 Å². The Morgan fingerprint density at radius 3 is 2.56 bits per heavy atom. The molecule has 7 heteroatoms. The molecule has 0 heterocycles. The van der Waals surface area contributed by atoms with Gasteiger partial charge in [-0.1, -0.05) is 39.1 Å². The minimum atomic E-state index is -0.151.